The van der Waals surface area contributed by atoms with E-state index < -0.39 is 10.0 Å². The fourth-order valence-electron chi connectivity index (χ4n) is 1.94. The number of nitrogens with one attached hydrogen (secondary N) is 1. The summed E-state index contributed by atoms with van der Waals surface area (Å²) >= 11 is 4.53. The standard InChI is InChI=1S/C15H17BrN2O3S2/c1-18(23(20,21)15-8-4-10-22-15)9-3-7-14(19)17-13-6-2-5-12(16)11-13/h2,4-6,8,10-11H,3,7,9H2,1H3,(H,17,19). The van der Waals surface area contributed by atoms with Gasteiger partial charge in [-0.25, -0.2) is 12.7 Å². The number of hydrogen-bond donors (Lipinski definition) is 1. The molecule has 0 fully saturated rings. The topological polar surface area (TPSA) is 66.5 Å². The van der Waals surface area contributed by atoms with Crippen LogP contribution in [0, 0.1) is 0 Å². The van der Waals surface area contributed by atoms with Crippen LogP contribution in [0.5, 0.6) is 0 Å². The highest BCUT2D eigenvalue weighted by Crippen LogP contribution is 2.20. The van der Waals surface area contributed by atoms with Gasteiger partial charge in [-0.3, -0.25) is 4.79 Å². The summed E-state index contributed by atoms with van der Waals surface area (Å²) in [5, 5.41) is 4.52. The Morgan fingerprint density at radius 3 is 2.74 bits per heavy atom. The molecule has 0 saturated heterocycles. The molecule has 2 aromatic rings. The zero-order valence-corrected chi connectivity index (χ0v) is 15.7. The maximum Gasteiger partial charge on any atom is 0.252 e. The van der Waals surface area contributed by atoms with Gasteiger partial charge in [0.25, 0.3) is 10.0 Å². The van der Waals surface area contributed by atoms with E-state index in [2.05, 4.69) is 21.2 Å². The van der Waals surface area contributed by atoms with Crippen molar-refractivity contribution in [1.82, 2.24) is 4.31 Å². The fourth-order valence-corrected chi connectivity index (χ4v) is 4.75. The molecule has 5 nitrogen and oxygen atoms in total. The van der Waals surface area contributed by atoms with Crippen molar-refractivity contribution in [1.29, 1.82) is 0 Å². The summed E-state index contributed by atoms with van der Waals surface area (Å²) in [5.41, 5.74) is 0.712. The summed E-state index contributed by atoms with van der Waals surface area (Å²) in [7, 11) is -1.92. The third kappa shape index (κ3) is 5.13. The Bertz CT molecular complexity index is 761. The lowest BCUT2D eigenvalue weighted by molar-refractivity contribution is -0.116. The average molecular weight is 417 g/mol. The fraction of sp³-hybridized carbons (Fsp3) is 0.267. The second kappa shape index (κ2) is 8.05. The minimum atomic E-state index is -3.44. The summed E-state index contributed by atoms with van der Waals surface area (Å²) in [6, 6.07) is 10.6. The highest BCUT2D eigenvalue weighted by Gasteiger charge is 2.21. The molecule has 23 heavy (non-hydrogen) atoms. The second-order valence-electron chi connectivity index (χ2n) is 4.92. The van der Waals surface area contributed by atoms with Crippen molar-refractivity contribution in [2.45, 2.75) is 17.1 Å². The van der Waals surface area contributed by atoms with Crippen LogP contribution in [0.3, 0.4) is 0 Å². The molecule has 1 aromatic carbocycles. The number of carbonyl (C=O) groups excluding carboxylic acids is 1. The number of sulfonamides is 1. The first-order valence-corrected chi connectivity index (χ1v) is 10.1. The van der Waals surface area contributed by atoms with Gasteiger partial charge in [0.15, 0.2) is 0 Å². The molecular formula is C15H17BrN2O3S2. The molecule has 0 unspecified atom stereocenters. The van der Waals surface area contributed by atoms with Crippen molar-refractivity contribution >= 4 is 48.9 Å². The number of amides is 1. The molecule has 1 heterocycles. The van der Waals surface area contributed by atoms with Gasteiger partial charge in [0.1, 0.15) is 4.21 Å². The number of halogens is 1. The van der Waals surface area contributed by atoms with Crippen LogP contribution in [0.25, 0.3) is 0 Å². The van der Waals surface area contributed by atoms with Gasteiger partial charge < -0.3 is 5.32 Å². The molecule has 1 aromatic heterocycles. The number of thiophene rings is 1. The molecule has 1 amide bonds. The maximum atomic E-state index is 12.2. The molecule has 0 aliphatic rings. The largest absolute Gasteiger partial charge is 0.326 e. The summed E-state index contributed by atoms with van der Waals surface area (Å²) in [6.45, 7) is 0.298. The Hall–Kier alpha value is -1.22. The van der Waals surface area contributed by atoms with Crippen LogP contribution in [0.15, 0.2) is 50.5 Å². The number of anilines is 1. The number of carbonyl (C=O) groups is 1. The van der Waals surface area contributed by atoms with E-state index in [1.165, 1.54) is 22.7 Å². The molecule has 0 aliphatic heterocycles. The van der Waals surface area contributed by atoms with Crippen molar-refractivity contribution in [3.05, 3.63) is 46.3 Å². The van der Waals surface area contributed by atoms with Gasteiger partial charge in [-0.2, -0.15) is 0 Å². The van der Waals surface area contributed by atoms with Crippen LogP contribution in [-0.2, 0) is 14.8 Å². The van der Waals surface area contributed by atoms with Crippen LogP contribution in [-0.4, -0.2) is 32.2 Å². The second-order valence-corrected chi connectivity index (χ2v) is 9.06. The highest BCUT2D eigenvalue weighted by atomic mass is 79.9. The van der Waals surface area contributed by atoms with Crippen molar-refractivity contribution in [3.8, 4) is 0 Å². The summed E-state index contributed by atoms with van der Waals surface area (Å²) < 4.78 is 26.9. The molecule has 2 rings (SSSR count). The lowest BCUT2D eigenvalue weighted by Gasteiger charge is -2.15. The zero-order valence-electron chi connectivity index (χ0n) is 12.5. The Balaban J connectivity index is 1.81. The number of benzene rings is 1. The predicted molar refractivity (Wildman–Crippen MR) is 96.1 cm³/mol. The first-order valence-electron chi connectivity index (χ1n) is 6.95. The Labute approximate surface area is 148 Å². The molecule has 0 bridgehead atoms. The molecular weight excluding hydrogens is 400 g/mol. The van der Waals surface area contributed by atoms with E-state index in [9.17, 15) is 13.2 Å². The molecule has 0 spiro atoms. The van der Waals surface area contributed by atoms with Gasteiger partial charge in [-0.1, -0.05) is 28.1 Å². The van der Waals surface area contributed by atoms with Crippen molar-refractivity contribution in [2.24, 2.45) is 0 Å². The third-order valence-corrected chi connectivity index (χ3v) is 6.87. The van der Waals surface area contributed by atoms with Gasteiger partial charge in [0, 0.05) is 30.2 Å². The van der Waals surface area contributed by atoms with Gasteiger partial charge in [0.05, 0.1) is 0 Å². The molecule has 0 aliphatic carbocycles. The smallest absolute Gasteiger partial charge is 0.252 e. The Morgan fingerprint density at radius 1 is 1.30 bits per heavy atom. The minimum Gasteiger partial charge on any atom is -0.326 e. The Kier molecular flexibility index (Phi) is 6.34. The van der Waals surface area contributed by atoms with Gasteiger partial charge in [-0.15, -0.1) is 11.3 Å². The van der Waals surface area contributed by atoms with E-state index in [-0.39, 0.29) is 12.3 Å². The lowest BCUT2D eigenvalue weighted by atomic mass is 10.2. The van der Waals surface area contributed by atoms with Crippen LogP contribution < -0.4 is 5.32 Å². The van der Waals surface area contributed by atoms with E-state index in [0.29, 0.717) is 22.9 Å². The first-order chi connectivity index (χ1) is 10.9. The summed E-state index contributed by atoms with van der Waals surface area (Å²) in [4.78, 5) is 11.9. The SMILES string of the molecule is CN(CCCC(=O)Nc1cccc(Br)c1)S(=O)(=O)c1cccs1. The average Bonchev–Trinajstić information content (AvgIpc) is 3.02. The van der Waals surface area contributed by atoms with E-state index >= 15 is 0 Å². The van der Waals surface area contributed by atoms with E-state index in [0.717, 1.165) is 4.47 Å². The normalized spacial score (nSPS) is 11.6. The number of rotatable bonds is 7. The predicted octanol–water partition coefficient (Wildman–Crippen LogP) is 3.55. The van der Waals surface area contributed by atoms with Gasteiger partial charge >= 0.3 is 0 Å². The van der Waals surface area contributed by atoms with Crippen molar-refractivity contribution in [3.63, 3.8) is 0 Å². The molecule has 8 heteroatoms. The van der Waals surface area contributed by atoms with Crippen LogP contribution >= 0.6 is 27.3 Å². The zero-order chi connectivity index (χ0) is 16.9. The van der Waals surface area contributed by atoms with Crippen LogP contribution in [0.4, 0.5) is 5.69 Å². The van der Waals surface area contributed by atoms with Crippen molar-refractivity contribution < 1.29 is 13.2 Å². The maximum absolute atomic E-state index is 12.2. The van der Waals surface area contributed by atoms with E-state index in [1.807, 2.05) is 18.2 Å². The monoisotopic (exact) mass is 416 g/mol. The van der Waals surface area contributed by atoms with Crippen molar-refractivity contribution in [2.75, 3.05) is 18.9 Å². The molecule has 1 N–H and O–H groups in total. The quantitative estimate of drug-likeness (QED) is 0.750. The summed E-state index contributed by atoms with van der Waals surface area (Å²) in [5.74, 6) is -0.134. The summed E-state index contributed by atoms with van der Waals surface area (Å²) in [6.07, 6.45) is 0.720. The van der Waals surface area contributed by atoms with Gasteiger partial charge in [0.2, 0.25) is 5.91 Å². The highest BCUT2D eigenvalue weighted by molar-refractivity contribution is 9.10. The number of hydrogen-bond acceptors (Lipinski definition) is 4. The molecule has 124 valence electrons. The van der Waals surface area contributed by atoms with E-state index in [1.54, 1.807) is 23.6 Å². The van der Waals surface area contributed by atoms with E-state index in [4.69, 9.17) is 0 Å². The lowest BCUT2D eigenvalue weighted by Crippen LogP contribution is -2.28. The Morgan fingerprint density at radius 2 is 2.09 bits per heavy atom. The van der Waals surface area contributed by atoms with Crippen LogP contribution in [0.2, 0.25) is 0 Å². The molecule has 0 atom stereocenters. The third-order valence-electron chi connectivity index (χ3n) is 3.14. The first kappa shape index (κ1) is 18.1. The van der Waals surface area contributed by atoms with Gasteiger partial charge in [-0.05, 0) is 36.1 Å². The molecule has 0 radical (unpaired) electrons. The minimum absolute atomic E-state index is 0.134. The molecule has 0 saturated carbocycles. The number of nitrogens with zero attached hydrogens (tertiary/aromatic N) is 1. The van der Waals surface area contributed by atoms with Crippen LogP contribution in [0.1, 0.15) is 12.8 Å².